The van der Waals surface area contributed by atoms with E-state index in [1.54, 1.807) is 0 Å². The predicted octanol–water partition coefficient (Wildman–Crippen LogP) is 1.55. The third-order valence-corrected chi connectivity index (χ3v) is 2.99. The minimum atomic E-state index is 0.237. The molecule has 4 nitrogen and oxygen atoms in total. The fourth-order valence-electron chi connectivity index (χ4n) is 1.99. The van der Waals surface area contributed by atoms with E-state index in [9.17, 15) is 0 Å². The van der Waals surface area contributed by atoms with Crippen molar-refractivity contribution in [2.24, 2.45) is 0 Å². The number of hydrogen-bond donors (Lipinski definition) is 1. The van der Waals surface area contributed by atoms with E-state index in [2.05, 4.69) is 14.7 Å². The van der Waals surface area contributed by atoms with Crippen molar-refractivity contribution in [2.75, 3.05) is 18.8 Å². The van der Waals surface area contributed by atoms with Gasteiger partial charge in [0.25, 0.3) is 0 Å². The van der Waals surface area contributed by atoms with Crippen molar-refractivity contribution >= 4 is 5.82 Å². The van der Waals surface area contributed by atoms with E-state index >= 15 is 0 Å². The summed E-state index contributed by atoms with van der Waals surface area (Å²) < 4.78 is 0. The van der Waals surface area contributed by atoms with Gasteiger partial charge in [0.15, 0.2) is 0 Å². The first kappa shape index (κ1) is 10.9. The quantitative estimate of drug-likeness (QED) is 0.763. The van der Waals surface area contributed by atoms with E-state index in [-0.39, 0.29) is 6.04 Å². The number of pyridine rings is 1. The summed E-state index contributed by atoms with van der Waals surface area (Å²) in [4.78, 5) is 10.0. The van der Waals surface area contributed by atoms with Crippen LogP contribution in [0.1, 0.15) is 18.4 Å². The van der Waals surface area contributed by atoms with Crippen LogP contribution in [0.5, 0.6) is 0 Å². The summed E-state index contributed by atoms with van der Waals surface area (Å²) in [5.41, 5.74) is 6.73. The predicted molar refractivity (Wildman–Crippen MR) is 63.6 cm³/mol. The van der Waals surface area contributed by atoms with Gasteiger partial charge < -0.3 is 10.6 Å². The highest BCUT2D eigenvalue weighted by atomic mass is 15.1. The molecule has 1 fully saturated rings. The van der Waals surface area contributed by atoms with Crippen LogP contribution in [0.2, 0.25) is 0 Å². The van der Waals surface area contributed by atoms with Crippen LogP contribution in [-0.2, 0) is 6.54 Å². The van der Waals surface area contributed by atoms with Gasteiger partial charge in [0.1, 0.15) is 5.82 Å². The first-order chi connectivity index (χ1) is 7.78. The fourth-order valence-corrected chi connectivity index (χ4v) is 1.99. The Hall–Kier alpha value is -1.60. The largest absolute Gasteiger partial charge is 0.384 e. The molecule has 0 aromatic carbocycles. The maximum absolute atomic E-state index is 6.99. The molecule has 1 saturated heterocycles. The number of hydrogen-bond acceptors (Lipinski definition) is 3. The number of anilines is 1. The molecule has 16 heavy (non-hydrogen) atoms. The highest BCUT2D eigenvalue weighted by Gasteiger charge is 2.22. The number of likely N-dealkylation sites (tertiary alicyclic amines) is 1. The van der Waals surface area contributed by atoms with E-state index in [0.717, 1.165) is 32.5 Å². The van der Waals surface area contributed by atoms with Crippen LogP contribution < -0.4 is 5.73 Å². The molecule has 0 radical (unpaired) electrons. The van der Waals surface area contributed by atoms with Crippen LogP contribution in [-0.4, -0.2) is 29.0 Å². The molecule has 4 heteroatoms. The van der Waals surface area contributed by atoms with Crippen molar-refractivity contribution in [3.63, 3.8) is 0 Å². The molecule has 0 atom stereocenters. The van der Waals surface area contributed by atoms with E-state index in [0.29, 0.717) is 5.82 Å². The number of nitrogens with two attached hydrogens (primary N) is 1. The van der Waals surface area contributed by atoms with Gasteiger partial charge in [-0.25, -0.2) is 11.6 Å². The van der Waals surface area contributed by atoms with Crippen LogP contribution in [0.15, 0.2) is 18.3 Å². The van der Waals surface area contributed by atoms with Gasteiger partial charge in [-0.15, -0.1) is 0 Å². The minimum absolute atomic E-state index is 0.237. The van der Waals surface area contributed by atoms with Crippen molar-refractivity contribution in [3.8, 4) is 0 Å². The molecule has 1 aliphatic heterocycles. The molecule has 2 rings (SSSR count). The summed E-state index contributed by atoms with van der Waals surface area (Å²) >= 11 is 0. The van der Waals surface area contributed by atoms with Crippen LogP contribution in [0.3, 0.4) is 0 Å². The molecule has 84 valence electrons. The third-order valence-electron chi connectivity index (χ3n) is 2.99. The van der Waals surface area contributed by atoms with Crippen LogP contribution in [0.25, 0.3) is 4.85 Å². The Kier molecular flexibility index (Phi) is 3.37. The summed E-state index contributed by atoms with van der Waals surface area (Å²) in [6, 6.07) is 4.09. The average molecular weight is 216 g/mol. The molecular weight excluding hydrogens is 200 g/mol. The molecule has 0 amide bonds. The summed E-state index contributed by atoms with van der Waals surface area (Å²) in [7, 11) is 0. The Morgan fingerprint density at radius 1 is 1.44 bits per heavy atom. The summed E-state index contributed by atoms with van der Waals surface area (Å²) in [5.74, 6) is 0.565. The van der Waals surface area contributed by atoms with Gasteiger partial charge >= 0.3 is 0 Å². The van der Waals surface area contributed by atoms with E-state index < -0.39 is 0 Å². The second-order valence-corrected chi connectivity index (χ2v) is 4.23. The lowest BCUT2D eigenvalue weighted by Gasteiger charge is -2.26. The molecule has 0 bridgehead atoms. The lowest BCUT2D eigenvalue weighted by molar-refractivity contribution is 0.215. The van der Waals surface area contributed by atoms with Crippen molar-refractivity contribution in [1.29, 1.82) is 0 Å². The van der Waals surface area contributed by atoms with Crippen molar-refractivity contribution in [3.05, 3.63) is 35.3 Å². The third kappa shape index (κ3) is 2.71. The second-order valence-electron chi connectivity index (χ2n) is 4.23. The van der Waals surface area contributed by atoms with Gasteiger partial charge in [0.2, 0.25) is 6.04 Å². The molecule has 0 unspecified atom stereocenters. The minimum Gasteiger partial charge on any atom is -0.384 e. The topological polar surface area (TPSA) is 46.5 Å². The zero-order valence-corrected chi connectivity index (χ0v) is 9.26. The standard InChI is InChI=1S/C12H16N4/c1-14-11-4-6-16(7-5-11)9-10-2-3-12(13)15-8-10/h2-3,8,11H,4-7,9H2,(H2,13,15). The Morgan fingerprint density at radius 2 is 2.19 bits per heavy atom. The van der Waals surface area contributed by atoms with Crippen LogP contribution in [0, 0.1) is 6.57 Å². The lowest BCUT2D eigenvalue weighted by Crippen LogP contribution is -2.34. The van der Waals surface area contributed by atoms with Gasteiger partial charge in [0.05, 0.1) is 0 Å². The highest BCUT2D eigenvalue weighted by molar-refractivity contribution is 5.29. The maximum atomic E-state index is 6.99. The van der Waals surface area contributed by atoms with Gasteiger partial charge in [0, 0.05) is 38.7 Å². The first-order valence-corrected chi connectivity index (χ1v) is 5.57. The molecule has 0 aliphatic carbocycles. The van der Waals surface area contributed by atoms with E-state index in [4.69, 9.17) is 12.3 Å². The molecular formula is C12H16N4. The maximum Gasteiger partial charge on any atom is 0.226 e. The SMILES string of the molecule is [C-]#[N+]C1CCN(Cc2ccc(N)nc2)CC1. The fraction of sp³-hybridized carbons (Fsp3) is 0.500. The Balaban J connectivity index is 1.87. The highest BCUT2D eigenvalue weighted by Crippen LogP contribution is 2.15. The molecule has 1 aliphatic rings. The molecule has 1 aromatic heterocycles. The van der Waals surface area contributed by atoms with E-state index in [1.165, 1.54) is 5.56 Å². The molecule has 0 spiro atoms. The second kappa shape index (κ2) is 4.95. The summed E-state index contributed by atoms with van der Waals surface area (Å²) in [6.07, 6.45) is 3.81. The molecule has 0 saturated carbocycles. The number of nitrogen functional groups attached to an aromatic ring is 1. The van der Waals surface area contributed by atoms with E-state index in [1.807, 2.05) is 18.3 Å². The Bertz CT molecular complexity index is 371. The lowest BCUT2D eigenvalue weighted by atomic mass is 10.1. The molecule has 1 aromatic rings. The zero-order valence-electron chi connectivity index (χ0n) is 9.26. The Morgan fingerprint density at radius 3 is 2.75 bits per heavy atom. The molecule has 2 N–H and O–H groups in total. The van der Waals surface area contributed by atoms with Crippen LogP contribution in [0.4, 0.5) is 5.82 Å². The van der Waals surface area contributed by atoms with Crippen molar-refractivity contribution < 1.29 is 0 Å². The normalized spacial score (nSPS) is 18.2. The number of aromatic nitrogens is 1. The number of nitrogens with zero attached hydrogens (tertiary/aromatic N) is 3. The number of rotatable bonds is 2. The van der Waals surface area contributed by atoms with Gasteiger partial charge in [-0.1, -0.05) is 6.07 Å². The molecule has 2 heterocycles. The monoisotopic (exact) mass is 216 g/mol. The summed E-state index contributed by atoms with van der Waals surface area (Å²) in [6.45, 7) is 9.93. The Labute approximate surface area is 95.9 Å². The van der Waals surface area contributed by atoms with Crippen LogP contribution >= 0.6 is 0 Å². The smallest absolute Gasteiger partial charge is 0.226 e. The van der Waals surface area contributed by atoms with Crippen molar-refractivity contribution in [1.82, 2.24) is 9.88 Å². The van der Waals surface area contributed by atoms with Gasteiger partial charge in [-0.05, 0) is 11.6 Å². The van der Waals surface area contributed by atoms with Crippen molar-refractivity contribution in [2.45, 2.75) is 25.4 Å². The first-order valence-electron chi connectivity index (χ1n) is 5.57. The van der Waals surface area contributed by atoms with Gasteiger partial charge in [-0.2, -0.15) is 0 Å². The zero-order chi connectivity index (χ0) is 11.4. The summed E-state index contributed by atoms with van der Waals surface area (Å²) in [5, 5.41) is 0. The average Bonchev–Trinajstić information content (AvgIpc) is 2.33. The van der Waals surface area contributed by atoms with Gasteiger partial charge in [-0.3, -0.25) is 4.90 Å². The number of piperidine rings is 1.